The van der Waals surface area contributed by atoms with Gasteiger partial charge in [-0.1, -0.05) is 6.07 Å². The van der Waals surface area contributed by atoms with Crippen LogP contribution in [0.4, 0.5) is 5.69 Å². The van der Waals surface area contributed by atoms with Crippen LogP contribution >= 0.6 is 27.3 Å². The van der Waals surface area contributed by atoms with E-state index in [-0.39, 0.29) is 5.56 Å². The quantitative estimate of drug-likeness (QED) is 0.866. The smallest absolute Gasteiger partial charge is 0.282 e. The van der Waals surface area contributed by atoms with Crippen molar-refractivity contribution in [2.24, 2.45) is 7.05 Å². The first kappa shape index (κ1) is 13.3. The Bertz CT molecular complexity index is 580. The first-order valence-electron chi connectivity index (χ1n) is 5.62. The normalized spacial score (nSPS) is 10.6. The van der Waals surface area contributed by atoms with Crippen molar-refractivity contribution < 1.29 is 0 Å². The summed E-state index contributed by atoms with van der Waals surface area (Å²) in [4.78, 5) is 15.2. The zero-order valence-electron chi connectivity index (χ0n) is 10.3. The Balaban J connectivity index is 2.33. The van der Waals surface area contributed by atoms with E-state index < -0.39 is 0 Å². The number of nitrogens with zero attached hydrogens (tertiary/aromatic N) is 3. The van der Waals surface area contributed by atoms with Crippen molar-refractivity contribution in [1.29, 1.82) is 0 Å². The molecule has 0 aliphatic heterocycles. The predicted octanol–water partition coefficient (Wildman–Crippen LogP) is 2.63. The lowest BCUT2D eigenvalue weighted by Gasteiger charge is -2.23. The highest BCUT2D eigenvalue weighted by Crippen LogP contribution is 2.24. The minimum absolute atomic E-state index is 0.114. The van der Waals surface area contributed by atoms with Crippen molar-refractivity contribution in [3.8, 4) is 0 Å². The summed E-state index contributed by atoms with van der Waals surface area (Å²) in [6.45, 7) is 3.69. The zero-order chi connectivity index (χ0) is 13.1. The summed E-state index contributed by atoms with van der Waals surface area (Å²) in [6, 6.07) is 4.13. The Morgan fingerprint density at radius 1 is 1.56 bits per heavy atom. The molecule has 0 fully saturated rings. The third kappa shape index (κ3) is 2.64. The van der Waals surface area contributed by atoms with E-state index >= 15 is 0 Å². The van der Waals surface area contributed by atoms with E-state index in [1.165, 1.54) is 9.56 Å². The summed E-state index contributed by atoms with van der Waals surface area (Å²) in [6.07, 6.45) is 1.72. The highest BCUT2D eigenvalue weighted by atomic mass is 79.9. The molecule has 0 aliphatic carbocycles. The van der Waals surface area contributed by atoms with E-state index in [9.17, 15) is 4.79 Å². The van der Waals surface area contributed by atoms with Crippen LogP contribution in [-0.4, -0.2) is 16.3 Å². The van der Waals surface area contributed by atoms with E-state index in [4.69, 9.17) is 0 Å². The van der Waals surface area contributed by atoms with Gasteiger partial charge in [0.1, 0.15) is 4.47 Å². The Labute approximate surface area is 118 Å². The van der Waals surface area contributed by atoms with Gasteiger partial charge in [0.2, 0.25) is 0 Å². The minimum Gasteiger partial charge on any atom is -0.364 e. The molecule has 0 radical (unpaired) electrons. The van der Waals surface area contributed by atoms with Gasteiger partial charge >= 0.3 is 0 Å². The molecule has 0 aliphatic rings. The molecule has 6 heteroatoms. The number of aryl methyl sites for hydroxylation is 1. The van der Waals surface area contributed by atoms with Crippen molar-refractivity contribution in [3.63, 3.8) is 0 Å². The summed E-state index contributed by atoms with van der Waals surface area (Å²) in [7, 11) is 1.65. The van der Waals surface area contributed by atoms with Gasteiger partial charge in [-0.25, -0.2) is 4.68 Å². The van der Waals surface area contributed by atoms with Gasteiger partial charge < -0.3 is 4.90 Å². The maximum atomic E-state index is 11.8. The Hall–Kier alpha value is -1.14. The van der Waals surface area contributed by atoms with E-state index in [1.54, 1.807) is 24.6 Å². The molecule has 96 valence electrons. The van der Waals surface area contributed by atoms with Gasteiger partial charge in [0, 0.05) is 18.5 Å². The first-order valence-corrected chi connectivity index (χ1v) is 7.30. The van der Waals surface area contributed by atoms with Crippen LogP contribution in [0.25, 0.3) is 0 Å². The Kier molecular flexibility index (Phi) is 4.19. The summed E-state index contributed by atoms with van der Waals surface area (Å²) in [5.41, 5.74) is 0.728. The molecule has 0 bridgehead atoms. The van der Waals surface area contributed by atoms with Crippen LogP contribution in [0.5, 0.6) is 0 Å². The average molecular weight is 328 g/mol. The third-order valence-corrected chi connectivity index (χ3v) is 4.32. The van der Waals surface area contributed by atoms with E-state index in [0.29, 0.717) is 4.47 Å². The molecule has 0 saturated heterocycles. The van der Waals surface area contributed by atoms with Crippen LogP contribution in [0.3, 0.4) is 0 Å². The van der Waals surface area contributed by atoms with Gasteiger partial charge in [-0.2, -0.15) is 5.10 Å². The van der Waals surface area contributed by atoms with Crippen molar-refractivity contribution in [2.45, 2.75) is 13.5 Å². The monoisotopic (exact) mass is 327 g/mol. The highest BCUT2D eigenvalue weighted by molar-refractivity contribution is 9.10. The minimum atomic E-state index is -0.114. The van der Waals surface area contributed by atoms with Crippen LogP contribution in [0.1, 0.15) is 11.8 Å². The van der Waals surface area contributed by atoms with Gasteiger partial charge in [0.05, 0.1) is 18.4 Å². The summed E-state index contributed by atoms with van der Waals surface area (Å²) < 4.78 is 1.89. The number of anilines is 1. The fourth-order valence-electron chi connectivity index (χ4n) is 1.68. The molecule has 0 aromatic carbocycles. The number of hydrogen-bond donors (Lipinski definition) is 0. The van der Waals surface area contributed by atoms with Crippen molar-refractivity contribution >= 4 is 33.0 Å². The van der Waals surface area contributed by atoms with Crippen molar-refractivity contribution in [2.75, 3.05) is 11.4 Å². The fraction of sp³-hybridized carbons (Fsp3) is 0.333. The molecule has 0 atom stereocenters. The van der Waals surface area contributed by atoms with Gasteiger partial charge in [-0.3, -0.25) is 4.79 Å². The molecule has 0 amide bonds. The molecule has 2 aromatic heterocycles. The summed E-state index contributed by atoms with van der Waals surface area (Å²) >= 11 is 5.08. The number of thiophene rings is 1. The molecule has 0 saturated carbocycles. The summed E-state index contributed by atoms with van der Waals surface area (Å²) in [5, 5.41) is 6.13. The van der Waals surface area contributed by atoms with Crippen LogP contribution in [0.2, 0.25) is 0 Å². The number of halogens is 1. The second-order valence-corrected chi connectivity index (χ2v) is 5.69. The van der Waals surface area contributed by atoms with Gasteiger partial charge in [0.25, 0.3) is 5.56 Å². The van der Waals surface area contributed by atoms with Crippen LogP contribution in [0.15, 0.2) is 33.0 Å². The second kappa shape index (κ2) is 5.67. The van der Waals surface area contributed by atoms with Gasteiger partial charge in [0.15, 0.2) is 0 Å². The number of hydrogen-bond acceptors (Lipinski definition) is 4. The maximum absolute atomic E-state index is 11.8. The van der Waals surface area contributed by atoms with Gasteiger partial charge in [-0.05, 0) is 34.3 Å². The van der Waals surface area contributed by atoms with E-state index in [0.717, 1.165) is 18.8 Å². The molecule has 18 heavy (non-hydrogen) atoms. The Morgan fingerprint density at radius 2 is 2.33 bits per heavy atom. The van der Waals surface area contributed by atoms with E-state index in [2.05, 4.69) is 44.3 Å². The molecule has 0 spiro atoms. The molecule has 2 heterocycles. The third-order valence-electron chi connectivity index (χ3n) is 2.71. The topological polar surface area (TPSA) is 38.1 Å². The average Bonchev–Trinajstić information content (AvgIpc) is 2.87. The second-order valence-electron chi connectivity index (χ2n) is 3.87. The molecule has 2 aromatic rings. The molecular formula is C12H14BrN3OS. The molecule has 2 rings (SSSR count). The molecular weight excluding hydrogens is 314 g/mol. The lowest BCUT2D eigenvalue weighted by Crippen LogP contribution is -2.27. The lowest BCUT2D eigenvalue weighted by molar-refractivity contribution is 0.694. The fourth-order valence-corrected chi connectivity index (χ4v) is 3.01. The number of aromatic nitrogens is 2. The van der Waals surface area contributed by atoms with Crippen LogP contribution < -0.4 is 10.5 Å². The molecule has 0 N–H and O–H groups in total. The maximum Gasteiger partial charge on any atom is 0.282 e. The number of rotatable bonds is 4. The zero-order valence-corrected chi connectivity index (χ0v) is 12.7. The Morgan fingerprint density at radius 3 is 2.94 bits per heavy atom. The van der Waals surface area contributed by atoms with E-state index in [1.807, 2.05) is 6.07 Å². The van der Waals surface area contributed by atoms with Crippen LogP contribution in [0, 0.1) is 0 Å². The van der Waals surface area contributed by atoms with Crippen molar-refractivity contribution in [3.05, 3.63) is 43.4 Å². The lowest BCUT2D eigenvalue weighted by atomic mass is 10.3. The molecule has 0 unspecified atom stereocenters. The SMILES string of the molecule is CCN(Cc1cccs1)c1cnn(C)c(=O)c1Br. The highest BCUT2D eigenvalue weighted by Gasteiger charge is 2.13. The predicted molar refractivity (Wildman–Crippen MR) is 78.2 cm³/mol. The van der Waals surface area contributed by atoms with Crippen LogP contribution in [-0.2, 0) is 13.6 Å². The first-order chi connectivity index (χ1) is 8.63. The van der Waals surface area contributed by atoms with Gasteiger partial charge in [-0.15, -0.1) is 11.3 Å². The largest absolute Gasteiger partial charge is 0.364 e. The van der Waals surface area contributed by atoms with Crippen molar-refractivity contribution in [1.82, 2.24) is 9.78 Å². The molecule has 4 nitrogen and oxygen atoms in total. The standard InChI is InChI=1S/C12H14BrN3OS/c1-3-16(8-9-5-4-6-18-9)10-7-14-15(2)12(17)11(10)13/h4-7H,3,8H2,1-2H3. The summed E-state index contributed by atoms with van der Waals surface area (Å²) in [5.74, 6) is 0.